The van der Waals surface area contributed by atoms with Crippen LogP contribution in [-0.4, -0.2) is 44.2 Å². The summed E-state index contributed by atoms with van der Waals surface area (Å²) in [5.41, 5.74) is 0. The summed E-state index contributed by atoms with van der Waals surface area (Å²) in [6.45, 7) is 0. The Morgan fingerprint density at radius 2 is 1.06 bits per heavy atom. The molecule has 1 aromatic carbocycles. The molecule has 0 aliphatic heterocycles. The van der Waals surface area contributed by atoms with Crippen LogP contribution in [0.3, 0.4) is 0 Å². The molecule has 0 spiro atoms. The van der Waals surface area contributed by atoms with Crippen LogP contribution in [0.4, 0.5) is 65.9 Å². The summed E-state index contributed by atoms with van der Waals surface area (Å²) in [4.78, 5) is -1.16. The molecule has 0 amide bonds. The van der Waals surface area contributed by atoms with Crippen molar-refractivity contribution in [3.63, 3.8) is 0 Å². The van der Waals surface area contributed by atoms with Crippen molar-refractivity contribution in [1.29, 1.82) is 0 Å². The number of rotatable bonds is 8. The van der Waals surface area contributed by atoms with E-state index in [2.05, 4.69) is 4.18 Å². The van der Waals surface area contributed by atoms with Crippen LogP contribution in [-0.2, 0) is 14.3 Å². The van der Waals surface area contributed by atoms with Gasteiger partial charge in [0.2, 0.25) is 5.83 Å². The first-order chi connectivity index (χ1) is 14.4. The molecule has 0 aromatic heterocycles. The molecule has 0 aliphatic carbocycles. The van der Waals surface area contributed by atoms with E-state index in [4.69, 9.17) is 0 Å². The topological polar surface area (TPSA) is 43.4 Å². The van der Waals surface area contributed by atoms with E-state index in [0.717, 1.165) is 18.2 Å². The summed E-state index contributed by atoms with van der Waals surface area (Å²) >= 11 is 0. The Labute approximate surface area is 202 Å². The zero-order valence-electron chi connectivity index (χ0n) is 16.7. The molecular weight excluding hydrogens is 556 g/mol. The summed E-state index contributed by atoms with van der Waals surface area (Å²) < 4.78 is 221. The molecular formula is C14H6F15NaO3S. The standard InChI is InChI=1S/C14H5F15O3S.Na.H/c15-7(8(16)32-33(30,31)6-4-2-1-3-5-6)9(17,18)10(19,20)11(21,22)12(23,24)13(25,26)14(27,28)29;;/h1-5H;;/q;+1;-1. The summed E-state index contributed by atoms with van der Waals surface area (Å²) in [5, 5.41) is 0. The molecule has 0 saturated heterocycles. The SMILES string of the molecule is O=S(=O)(OC(F)=C(F)C(F)(F)C(F)(F)C(F)(F)C(F)(F)C(F)(F)C(F)(F)F)c1ccccc1.[H-].[Na+]. The van der Waals surface area contributed by atoms with Crippen LogP contribution in [0.1, 0.15) is 1.43 Å². The molecule has 0 N–H and O–H groups in total. The van der Waals surface area contributed by atoms with Crippen LogP contribution in [0.15, 0.2) is 47.1 Å². The number of hydrogen-bond acceptors (Lipinski definition) is 3. The summed E-state index contributed by atoms with van der Waals surface area (Å²) in [6, 6.07) is -0.0202. The van der Waals surface area contributed by atoms with Gasteiger partial charge in [-0.2, -0.15) is 74.3 Å². The molecule has 0 bridgehead atoms. The molecule has 0 aliphatic rings. The van der Waals surface area contributed by atoms with Crippen molar-refractivity contribution in [2.24, 2.45) is 0 Å². The van der Waals surface area contributed by atoms with Gasteiger partial charge in [-0.25, -0.2) is 0 Å². The Morgan fingerprint density at radius 1 is 0.676 bits per heavy atom. The maximum Gasteiger partial charge on any atom is 1.00 e. The summed E-state index contributed by atoms with van der Waals surface area (Å²) in [7, 11) is -5.67. The van der Waals surface area contributed by atoms with Crippen molar-refractivity contribution in [1.82, 2.24) is 0 Å². The van der Waals surface area contributed by atoms with Gasteiger partial charge in [-0.05, 0) is 12.1 Å². The zero-order chi connectivity index (χ0) is 26.5. The van der Waals surface area contributed by atoms with E-state index in [0.29, 0.717) is 12.1 Å². The molecule has 0 saturated carbocycles. The molecule has 0 heterocycles. The Hall–Kier alpha value is -1.34. The predicted octanol–water partition coefficient (Wildman–Crippen LogP) is 3.36. The van der Waals surface area contributed by atoms with Gasteiger partial charge in [-0.15, -0.1) is 0 Å². The van der Waals surface area contributed by atoms with Crippen molar-refractivity contribution in [2.75, 3.05) is 0 Å². The van der Waals surface area contributed by atoms with Gasteiger partial charge in [0.1, 0.15) is 4.90 Å². The monoisotopic (exact) mass is 562 g/mol. The molecule has 0 unspecified atom stereocenters. The Bertz CT molecular complexity index is 1010. The van der Waals surface area contributed by atoms with Gasteiger partial charge in [-0.3, -0.25) is 0 Å². The second kappa shape index (κ2) is 9.61. The van der Waals surface area contributed by atoms with Gasteiger partial charge in [0.15, 0.2) is 0 Å². The Kier molecular flexibility index (Phi) is 9.23. The van der Waals surface area contributed by atoms with Crippen LogP contribution in [0, 0.1) is 0 Å². The van der Waals surface area contributed by atoms with Crippen molar-refractivity contribution in [3.05, 3.63) is 42.2 Å². The van der Waals surface area contributed by atoms with E-state index in [1.807, 2.05) is 0 Å². The van der Waals surface area contributed by atoms with E-state index in [1.54, 1.807) is 0 Å². The van der Waals surface area contributed by atoms with Crippen LogP contribution in [0.25, 0.3) is 0 Å². The number of allylic oxidation sites excluding steroid dienone is 1. The van der Waals surface area contributed by atoms with Crippen LogP contribution >= 0.6 is 0 Å². The fourth-order valence-electron chi connectivity index (χ4n) is 1.80. The van der Waals surface area contributed by atoms with E-state index in [1.165, 1.54) is 0 Å². The first-order valence-electron chi connectivity index (χ1n) is 7.40. The molecule has 1 rings (SSSR count). The van der Waals surface area contributed by atoms with Gasteiger partial charge in [0, 0.05) is 0 Å². The normalized spacial score (nSPS) is 15.4. The van der Waals surface area contributed by atoms with E-state index < -0.39 is 62.6 Å². The quantitative estimate of drug-likeness (QED) is 0.212. The van der Waals surface area contributed by atoms with Crippen LogP contribution < -0.4 is 29.6 Å². The maximum atomic E-state index is 13.5. The van der Waals surface area contributed by atoms with Gasteiger partial charge in [0.05, 0.1) is 0 Å². The Balaban J connectivity index is 0. The third-order valence-corrected chi connectivity index (χ3v) is 4.81. The van der Waals surface area contributed by atoms with Gasteiger partial charge in [0.25, 0.3) is 0 Å². The molecule has 3 nitrogen and oxygen atoms in total. The predicted molar refractivity (Wildman–Crippen MR) is 75.9 cm³/mol. The summed E-state index contributed by atoms with van der Waals surface area (Å²) in [5.74, 6) is -45.3. The van der Waals surface area contributed by atoms with Gasteiger partial charge < -0.3 is 5.61 Å². The first-order valence-corrected chi connectivity index (χ1v) is 8.81. The molecule has 0 radical (unpaired) electrons. The molecule has 1 aromatic rings. The Morgan fingerprint density at radius 3 is 1.44 bits per heavy atom. The molecule has 0 atom stereocenters. The third kappa shape index (κ3) is 5.11. The van der Waals surface area contributed by atoms with Gasteiger partial charge >= 0.3 is 81.5 Å². The van der Waals surface area contributed by atoms with Crippen LogP contribution in [0.5, 0.6) is 0 Å². The van der Waals surface area contributed by atoms with Crippen molar-refractivity contribution in [3.8, 4) is 0 Å². The fourth-order valence-corrected chi connectivity index (χ4v) is 2.65. The van der Waals surface area contributed by atoms with Crippen molar-refractivity contribution in [2.45, 2.75) is 40.7 Å². The molecule has 20 heteroatoms. The largest absolute Gasteiger partial charge is 1.00 e. The molecule has 0 fully saturated rings. The smallest absolute Gasteiger partial charge is 1.00 e. The number of benzene rings is 1. The summed E-state index contributed by atoms with van der Waals surface area (Å²) in [6.07, 6.45) is -7.70. The fraction of sp³-hybridized carbons (Fsp3) is 0.429. The second-order valence-corrected chi connectivity index (χ2v) is 7.35. The second-order valence-electron chi connectivity index (χ2n) is 5.81. The van der Waals surface area contributed by atoms with Crippen LogP contribution in [0.2, 0.25) is 0 Å². The van der Waals surface area contributed by atoms with E-state index in [-0.39, 0.29) is 31.0 Å². The minimum absolute atomic E-state index is 0. The first kappa shape index (κ1) is 32.7. The average Bonchev–Trinajstić information content (AvgIpc) is 2.66. The number of alkyl halides is 13. The van der Waals surface area contributed by atoms with E-state index in [9.17, 15) is 74.3 Å². The minimum atomic E-state index is -8.40. The number of hydrogen-bond donors (Lipinski definition) is 0. The zero-order valence-corrected chi connectivity index (χ0v) is 18.5. The molecule has 34 heavy (non-hydrogen) atoms. The number of halogens is 15. The van der Waals surface area contributed by atoms with Crippen molar-refractivity contribution < 1.29 is 109 Å². The minimum Gasteiger partial charge on any atom is -1.00 e. The molecule has 192 valence electrons. The van der Waals surface area contributed by atoms with Crippen molar-refractivity contribution >= 4 is 10.1 Å². The van der Waals surface area contributed by atoms with Gasteiger partial charge in [-0.1, -0.05) is 18.2 Å². The van der Waals surface area contributed by atoms with E-state index >= 15 is 0 Å². The maximum absolute atomic E-state index is 13.5. The average molecular weight is 562 g/mol. The third-order valence-electron chi connectivity index (χ3n) is 3.60.